The molecule has 2 aliphatic heterocycles. The molecule has 0 bridgehead atoms. The Morgan fingerprint density at radius 2 is 1.63 bits per heavy atom. The number of rotatable bonds is 6. The van der Waals surface area contributed by atoms with Gasteiger partial charge in [0.25, 0.3) is 5.91 Å². The van der Waals surface area contributed by atoms with E-state index in [0.717, 1.165) is 5.56 Å². The van der Waals surface area contributed by atoms with E-state index >= 15 is 0 Å². The van der Waals surface area contributed by atoms with Gasteiger partial charge < -0.3 is 19.7 Å². The molecule has 2 aliphatic rings. The van der Waals surface area contributed by atoms with Crippen LogP contribution in [0.25, 0.3) is 0 Å². The molecule has 3 aromatic carbocycles. The third-order valence-corrected chi connectivity index (χ3v) is 6.12. The number of fused-ring (bicyclic) bond motifs is 1. The summed E-state index contributed by atoms with van der Waals surface area (Å²) in [6, 6.07) is 15.2. The third-order valence-electron chi connectivity index (χ3n) is 5.70. The number of halogens is 2. The molecule has 1 atom stereocenters. The van der Waals surface area contributed by atoms with Crippen LogP contribution >= 0.6 is 12.2 Å². The fourth-order valence-corrected chi connectivity index (χ4v) is 4.39. The molecule has 1 fully saturated rings. The molecule has 178 valence electrons. The number of nitrogens with one attached hydrogen (secondary N) is 1. The molecule has 5 rings (SSSR count). The standard InChI is InChI=1S/C25H19F2N3O4S/c26-16-2-6-18(7-3-16)28-23(31)12-20-24(32)30(19-8-4-17(27)5-9-19)25(35)29(20)13-15-1-10-21-22(11-15)34-14-33-21/h1-11,20H,12-14H2,(H,28,31)/t20-/m1/s1. The normalized spacial score (nSPS) is 16.7. The van der Waals surface area contributed by atoms with Gasteiger partial charge in [-0.1, -0.05) is 6.07 Å². The maximum Gasteiger partial charge on any atom is 0.256 e. The minimum absolute atomic E-state index is 0.129. The topological polar surface area (TPSA) is 71.1 Å². The highest BCUT2D eigenvalue weighted by Gasteiger charge is 2.44. The number of benzene rings is 3. The van der Waals surface area contributed by atoms with E-state index in [9.17, 15) is 18.4 Å². The lowest BCUT2D eigenvalue weighted by atomic mass is 10.1. The first kappa shape index (κ1) is 22.7. The van der Waals surface area contributed by atoms with Crippen LogP contribution in [0.2, 0.25) is 0 Å². The summed E-state index contributed by atoms with van der Waals surface area (Å²) < 4.78 is 37.5. The minimum Gasteiger partial charge on any atom is -0.454 e. The summed E-state index contributed by atoms with van der Waals surface area (Å²) in [5.41, 5.74) is 1.61. The van der Waals surface area contributed by atoms with Gasteiger partial charge in [-0.25, -0.2) is 8.78 Å². The number of hydrogen-bond acceptors (Lipinski definition) is 5. The SMILES string of the molecule is O=C(C[C@@H]1C(=O)N(c2ccc(F)cc2)C(=S)N1Cc1ccc2c(c1)OCO2)Nc1ccc(F)cc1. The minimum atomic E-state index is -0.904. The van der Waals surface area contributed by atoms with Crippen molar-refractivity contribution >= 4 is 40.5 Å². The molecule has 7 nitrogen and oxygen atoms in total. The number of amides is 2. The highest BCUT2D eigenvalue weighted by atomic mass is 32.1. The highest BCUT2D eigenvalue weighted by molar-refractivity contribution is 7.80. The van der Waals surface area contributed by atoms with Crippen molar-refractivity contribution < 1.29 is 27.8 Å². The van der Waals surface area contributed by atoms with E-state index in [4.69, 9.17) is 21.7 Å². The number of anilines is 2. The van der Waals surface area contributed by atoms with Crippen molar-refractivity contribution in [2.75, 3.05) is 17.0 Å². The van der Waals surface area contributed by atoms with Gasteiger partial charge >= 0.3 is 0 Å². The van der Waals surface area contributed by atoms with Crippen molar-refractivity contribution in [3.63, 3.8) is 0 Å². The van der Waals surface area contributed by atoms with Crippen molar-refractivity contribution in [2.45, 2.75) is 19.0 Å². The Hall–Kier alpha value is -4.05. The van der Waals surface area contributed by atoms with E-state index in [1.807, 2.05) is 6.07 Å². The summed E-state index contributed by atoms with van der Waals surface area (Å²) in [5, 5.41) is 2.87. The Balaban J connectivity index is 1.41. The third kappa shape index (κ3) is 4.65. The van der Waals surface area contributed by atoms with Gasteiger partial charge in [0.15, 0.2) is 16.6 Å². The first-order valence-electron chi connectivity index (χ1n) is 10.7. The summed E-state index contributed by atoms with van der Waals surface area (Å²) in [5.74, 6) is -0.508. The van der Waals surface area contributed by atoms with Gasteiger partial charge in [-0.05, 0) is 78.4 Å². The van der Waals surface area contributed by atoms with Crippen LogP contribution in [0.5, 0.6) is 11.5 Å². The highest BCUT2D eigenvalue weighted by Crippen LogP contribution is 2.34. The Bertz CT molecular complexity index is 1300. The largest absolute Gasteiger partial charge is 0.454 e. The lowest BCUT2D eigenvalue weighted by Crippen LogP contribution is -2.37. The zero-order valence-corrected chi connectivity index (χ0v) is 19.1. The monoisotopic (exact) mass is 495 g/mol. The van der Waals surface area contributed by atoms with Gasteiger partial charge in [0.05, 0.1) is 12.1 Å². The zero-order chi connectivity index (χ0) is 24.5. The van der Waals surface area contributed by atoms with Crippen LogP contribution in [0.4, 0.5) is 20.2 Å². The van der Waals surface area contributed by atoms with Crippen LogP contribution in [0.15, 0.2) is 66.7 Å². The number of nitrogens with zero attached hydrogens (tertiary/aromatic N) is 2. The fraction of sp³-hybridized carbons (Fsp3) is 0.160. The molecule has 0 aliphatic carbocycles. The average Bonchev–Trinajstić information content (AvgIpc) is 3.39. The van der Waals surface area contributed by atoms with E-state index in [2.05, 4.69) is 5.32 Å². The molecule has 10 heteroatoms. The lowest BCUT2D eigenvalue weighted by molar-refractivity contribution is -0.124. The van der Waals surface area contributed by atoms with Gasteiger partial charge in [-0.2, -0.15) is 0 Å². The number of carbonyl (C=O) groups is 2. The second kappa shape index (κ2) is 9.30. The summed E-state index contributed by atoms with van der Waals surface area (Å²) in [6.45, 7) is 0.358. The lowest BCUT2D eigenvalue weighted by Gasteiger charge is -2.24. The maximum atomic E-state index is 13.5. The Morgan fingerprint density at radius 3 is 2.34 bits per heavy atom. The molecule has 35 heavy (non-hydrogen) atoms. The maximum absolute atomic E-state index is 13.5. The van der Waals surface area contributed by atoms with Crippen molar-refractivity contribution in [3.05, 3.63) is 83.9 Å². The summed E-state index contributed by atoms with van der Waals surface area (Å²) in [4.78, 5) is 29.2. The van der Waals surface area contributed by atoms with Crippen LogP contribution in [0.1, 0.15) is 12.0 Å². The average molecular weight is 496 g/mol. The van der Waals surface area contributed by atoms with Crippen LogP contribution in [-0.2, 0) is 16.1 Å². The van der Waals surface area contributed by atoms with Crippen molar-refractivity contribution in [1.29, 1.82) is 0 Å². The van der Waals surface area contributed by atoms with Gasteiger partial charge in [0.2, 0.25) is 12.7 Å². The van der Waals surface area contributed by atoms with Crippen LogP contribution in [0, 0.1) is 11.6 Å². The second-order valence-electron chi connectivity index (χ2n) is 8.02. The molecule has 3 aromatic rings. The van der Waals surface area contributed by atoms with Gasteiger partial charge in [0.1, 0.15) is 17.7 Å². The Labute approximate surface area is 204 Å². The molecule has 0 radical (unpaired) electrons. The van der Waals surface area contributed by atoms with E-state index in [1.165, 1.54) is 53.4 Å². The van der Waals surface area contributed by atoms with Crippen molar-refractivity contribution in [1.82, 2.24) is 4.90 Å². The van der Waals surface area contributed by atoms with Gasteiger partial charge in [-0.3, -0.25) is 14.5 Å². The number of carbonyl (C=O) groups excluding carboxylic acids is 2. The molecule has 2 amide bonds. The summed E-state index contributed by atoms with van der Waals surface area (Å²) in [6.07, 6.45) is -0.196. The first-order valence-corrected chi connectivity index (χ1v) is 11.1. The van der Waals surface area contributed by atoms with E-state index < -0.39 is 29.5 Å². The fourth-order valence-electron chi connectivity index (χ4n) is 4.00. The second-order valence-corrected chi connectivity index (χ2v) is 8.39. The predicted molar refractivity (Wildman–Crippen MR) is 128 cm³/mol. The number of ether oxygens (including phenoxy) is 2. The molecule has 1 N–H and O–H groups in total. The van der Waals surface area contributed by atoms with Crippen LogP contribution < -0.4 is 19.7 Å². The van der Waals surface area contributed by atoms with Crippen LogP contribution in [0.3, 0.4) is 0 Å². The first-order chi connectivity index (χ1) is 16.9. The summed E-state index contributed by atoms with van der Waals surface area (Å²) in [7, 11) is 0. The number of thiocarbonyl (C=S) groups is 1. The summed E-state index contributed by atoms with van der Waals surface area (Å²) >= 11 is 5.63. The van der Waals surface area contributed by atoms with Crippen molar-refractivity contribution in [3.8, 4) is 11.5 Å². The number of hydrogen-bond donors (Lipinski definition) is 1. The molecule has 0 saturated carbocycles. The van der Waals surface area contributed by atoms with Gasteiger partial charge in [-0.15, -0.1) is 0 Å². The Kier molecular flexibility index (Phi) is 6.04. The van der Waals surface area contributed by atoms with E-state index in [-0.39, 0.29) is 24.9 Å². The zero-order valence-electron chi connectivity index (χ0n) is 18.2. The Morgan fingerprint density at radius 1 is 0.971 bits per heavy atom. The van der Waals surface area contributed by atoms with E-state index in [1.54, 1.807) is 17.0 Å². The molecule has 0 spiro atoms. The van der Waals surface area contributed by atoms with Crippen LogP contribution in [-0.4, -0.2) is 34.7 Å². The molecular formula is C25H19F2N3O4S. The van der Waals surface area contributed by atoms with Crippen molar-refractivity contribution in [2.24, 2.45) is 0 Å². The molecule has 0 aromatic heterocycles. The smallest absolute Gasteiger partial charge is 0.256 e. The predicted octanol–water partition coefficient (Wildman–Crippen LogP) is 4.22. The molecule has 0 unspecified atom stereocenters. The molecule has 2 heterocycles. The van der Waals surface area contributed by atoms with Gasteiger partial charge in [0, 0.05) is 12.2 Å². The van der Waals surface area contributed by atoms with E-state index in [0.29, 0.717) is 22.9 Å². The molecular weight excluding hydrogens is 476 g/mol. The quantitative estimate of drug-likeness (QED) is 0.517. The molecule has 1 saturated heterocycles.